The standard InChI is InChI=1S/C33H48N6O4/c1-21(2)35-29(41)27-18-34-30(38-28(27)36-25-8-6-7-24(10-12-25)33(20-40)14-15-33)37-26-11-9-22-13-16-39(19-23(22)17-26)31(42)43-32(3,4)5/h8-9,11-12,17-18,21-23,28,30,34,36-38,40H,6-7,13-16,19-20H2,1-5H3,(H,35,41)/p+1. The topological polar surface area (TPSA) is 132 Å². The lowest BCUT2D eigenvalue weighted by molar-refractivity contribution is -0.637. The molecular formula is C33H49N6O4+. The molecular weight excluding hydrogens is 544 g/mol. The third kappa shape index (κ3) is 7.81. The Hall–Kier alpha value is -3.30. The van der Waals surface area contributed by atoms with Crippen LogP contribution in [0.1, 0.15) is 66.7 Å². The van der Waals surface area contributed by atoms with Gasteiger partial charge in [0.05, 0.1) is 6.61 Å². The minimum atomic E-state index is -0.521. The number of nitrogens with zero attached hydrogens (tertiary/aromatic N) is 1. The van der Waals surface area contributed by atoms with Crippen molar-refractivity contribution in [2.45, 2.75) is 90.8 Å². The summed E-state index contributed by atoms with van der Waals surface area (Å²) in [6.07, 6.45) is 16.3. The molecule has 1 saturated carbocycles. The Bertz CT molecular complexity index is 1280. The first-order valence-corrected chi connectivity index (χ1v) is 15.7. The average Bonchev–Trinajstić information content (AvgIpc) is 3.76. The van der Waals surface area contributed by atoms with Crippen LogP contribution in [0.2, 0.25) is 0 Å². The van der Waals surface area contributed by atoms with Gasteiger partial charge in [-0.1, -0.05) is 12.2 Å². The molecule has 2 aliphatic heterocycles. The molecule has 4 atom stereocenters. The van der Waals surface area contributed by atoms with Crippen LogP contribution in [0.15, 0.2) is 64.9 Å². The van der Waals surface area contributed by atoms with E-state index >= 15 is 0 Å². The monoisotopic (exact) mass is 593 g/mol. The van der Waals surface area contributed by atoms with E-state index in [1.54, 1.807) is 6.20 Å². The molecule has 10 nitrogen and oxygen atoms in total. The highest BCUT2D eigenvalue weighted by Gasteiger charge is 2.45. The van der Waals surface area contributed by atoms with Crippen molar-refractivity contribution in [3.05, 3.63) is 64.9 Å². The highest BCUT2D eigenvalue weighted by Crippen LogP contribution is 2.52. The Morgan fingerprint density at radius 1 is 1.28 bits per heavy atom. The van der Waals surface area contributed by atoms with Crippen molar-refractivity contribution in [1.82, 2.24) is 26.2 Å². The van der Waals surface area contributed by atoms with Gasteiger partial charge in [0.15, 0.2) is 12.5 Å². The number of allylic oxidation sites excluding steroid dienone is 4. The van der Waals surface area contributed by atoms with Crippen LogP contribution in [-0.2, 0) is 9.53 Å². The van der Waals surface area contributed by atoms with Gasteiger partial charge in [0, 0.05) is 48.4 Å². The normalized spacial score (nSPS) is 27.9. The van der Waals surface area contributed by atoms with E-state index in [9.17, 15) is 14.7 Å². The van der Waals surface area contributed by atoms with Gasteiger partial charge in [-0.3, -0.25) is 10.1 Å². The molecule has 43 heavy (non-hydrogen) atoms. The summed E-state index contributed by atoms with van der Waals surface area (Å²) in [4.78, 5) is 27.7. The van der Waals surface area contributed by atoms with Crippen LogP contribution >= 0.6 is 0 Å². The first kappa shape index (κ1) is 31.1. The Morgan fingerprint density at radius 2 is 2.07 bits per heavy atom. The van der Waals surface area contributed by atoms with Gasteiger partial charge < -0.3 is 30.7 Å². The largest absolute Gasteiger partial charge is 0.444 e. The Balaban J connectivity index is 1.27. The number of ether oxygens (including phenoxy) is 1. The SMILES string of the molecule is CC(C)NC(=O)C1=CNC(NC2=CC3CN(C(=O)OC(C)(C)C)CCC3C=C2)NC1[NH2+]C1=CCCC(C2(CO)CC2)=C=C1. The average molecular weight is 594 g/mol. The highest BCUT2D eigenvalue weighted by atomic mass is 16.6. The zero-order chi connectivity index (χ0) is 30.8. The lowest BCUT2D eigenvalue weighted by atomic mass is 9.82. The van der Waals surface area contributed by atoms with Gasteiger partial charge in [0.25, 0.3) is 5.91 Å². The molecule has 3 aliphatic carbocycles. The lowest BCUT2D eigenvalue weighted by Crippen LogP contribution is -2.94. The summed E-state index contributed by atoms with van der Waals surface area (Å²) in [6, 6.07) is 0.0156. The van der Waals surface area contributed by atoms with Crippen LogP contribution in [0.25, 0.3) is 0 Å². The molecule has 5 aliphatic rings. The molecule has 2 amide bonds. The molecule has 0 aromatic carbocycles. The van der Waals surface area contributed by atoms with Crippen molar-refractivity contribution < 1.29 is 24.7 Å². The Morgan fingerprint density at radius 3 is 2.77 bits per heavy atom. The fraction of sp³-hybridized carbons (Fsp3) is 0.606. The number of nitrogens with two attached hydrogens (primary N) is 1. The minimum absolute atomic E-state index is 0.0156. The van der Waals surface area contributed by atoms with Crippen LogP contribution in [0.4, 0.5) is 4.79 Å². The Labute approximate surface area is 255 Å². The minimum Gasteiger partial charge on any atom is -0.444 e. The third-order valence-electron chi connectivity index (χ3n) is 8.70. The van der Waals surface area contributed by atoms with E-state index in [0.717, 1.165) is 43.5 Å². The van der Waals surface area contributed by atoms with E-state index < -0.39 is 5.60 Å². The summed E-state index contributed by atoms with van der Waals surface area (Å²) >= 11 is 0. The van der Waals surface area contributed by atoms with E-state index in [1.165, 1.54) is 5.57 Å². The number of likely N-dealkylation sites (tertiary alicyclic amines) is 1. The number of aliphatic hydroxyl groups is 1. The molecule has 0 bridgehead atoms. The molecule has 234 valence electrons. The van der Waals surface area contributed by atoms with E-state index in [4.69, 9.17) is 4.74 Å². The molecule has 0 spiro atoms. The molecule has 0 aromatic rings. The number of carbonyl (C=O) groups excluding carboxylic acids is 2. The second kappa shape index (κ2) is 12.7. The number of hydrogen-bond donors (Lipinski definition) is 6. The van der Waals surface area contributed by atoms with Crippen molar-refractivity contribution in [3.8, 4) is 0 Å². The summed E-state index contributed by atoms with van der Waals surface area (Å²) in [5, 5.41) is 25.4. The second-order valence-electron chi connectivity index (χ2n) is 13.8. The number of nitrogens with one attached hydrogen (secondary N) is 4. The van der Waals surface area contributed by atoms with Crippen LogP contribution in [0.3, 0.4) is 0 Å². The predicted octanol–water partition coefficient (Wildman–Crippen LogP) is 2.21. The molecule has 0 aromatic heterocycles. The summed E-state index contributed by atoms with van der Waals surface area (Å²) in [7, 11) is 0. The maximum absolute atomic E-state index is 13.1. The molecule has 7 N–H and O–H groups in total. The van der Waals surface area contributed by atoms with Gasteiger partial charge in [-0.25, -0.2) is 10.1 Å². The summed E-state index contributed by atoms with van der Waals surface area (Å²) in [5.41, 5.74) is 6.65. The van der Waals surface area contributed by atoms with Crippen LogP contribution in [0, 0.1) is 17.3 Å². The number of quaternary nitrogens is 1. The quantitative estimate of drug-likeness (QED) is 0.238. The number of fused-ring (bicyclic) bond motifs is 1. The van der Waals surface area contributed by atoms with Gasteiger partial charge >= 0.3 is 6.09 Å². The fourth-order valence-electron chi connectivity index (χ4n) is 6.16. The first-order chi connectivity index (χ1) is 20.4. The van der Waals surface area contributed by atoms with Crippen LogP contribution in [-0.4, -0.2) is 65.8 Å². The lowest BCUT2D eigenvalue weighted by Gasteiger charge is -2.39. The van der Waals surface area contributed by atoms with Crippen molar-refractivity contribution in [2.24, 2.45) is 17.3 Å². The molecule has 2 fully saturated rings. The van der Waals surface area contributed by atoms with Gasteiger partial charge in [-0.15, -0.1) is 5.73 Å². The zero-order valence-electron chi connectivity index (χ0n) is 26.2. The van der Waals surface area contributed by atoms with E-state index in [1.807, 2.05) is 45.6 Å². The van der Waals surface area contributed by atoms with Crippen molar-refractivity contribution >= 4 is 12.0 Å². The van der Waals surface area contributed by atoms with Crippen molar-refractivity contribution in [3.63, 3.8) is 0 Å². The number of piperidine rings is 1. The molecule has 0 radical (unpaired) electrons. The van der Waals surface area contributed by atoms with Gasteiger partial charge in [-0.2, -0.15) is 0 Å². The van der Waals surface area contributed by atoms with Gasteiger partial charge in [0.1, 0.15) is 16.9 Å². The van der Waals surface area contributed by atoms with Crippen molar-refractivity contribution in [1.29, 1.82) is 0 Å². The molecule has 10 heteroatoms. The first-order valence-electron chi connectivity index (χ1n) is 15.7. The summed E-state index contributed by atoms with van der Waals surface area (Å²) < 4.78 is 5.62. The number of amides is 2. The van der Waals surface area contributed by atoms with E-state index in [-0.39, 0.29) is 48.4 Å². The third-order valence-corrected chi connectivity index (χ3v) is 8.70. The smallest absolute Gasteiger partial charge is 0.410 e. The number of rotatable bonds is 8. The molecule has 5 rings (SSSR count). The molecule has 4 unspecified atom stereocenters. The molecule has 1 saturated heterocycles. The fourth-order valence-corrected chi connectivity index (χ4v) is 6.16. The molecule has 2 heterocycles. The van der Waals surface area contributed by atoms with Crippen LogP contribution in [0.5, 0.6) is 0 Å². The summed E-state index contributed by atoms with van der Waals surface area (Å²) in [5.74, 6) is 0.459. The maximum Gasteiger partial charge on any atom is 0.410 e. The number of aliphatic hydroxyl groups excluding tert-OH is 1. The van der Waals surface area contributed by atoms with E-state index in [0.29, 0.717) is 24.6 Å². The Kier molecular flexibility index (Phi) is 9.23. The zero-order valence-corrected chi connectivity index (χ0v) is 26.2. The predicted molar refractivity (Wildman–Crippen MR) is 165 cm³/mol. The second-order valence-corrected chi connectivity index (χ2v) is 13.8. The maximum atomic E-state index is 13.1. The van der Waals surface area contributed by atoms with Gasteiger partial charge in [-0.05, 0) is 90.4 Å². The van der Waals surface area contributed by atoms with Crippen LogP contribution < -0.4 is 26.6 Å². The highest BCUT2D eigenvalue weighted by molar-refractivity contribution is 5.94. The van der Waals surface area contributed by atoms with Crippen molar-refractivity contribution in [2.75, 3.05) is 19.7 Å². The van der Waals surface area contributed by atoms with E-state index in [2.05, 4.69) is 56.6 Å². The summed E-state index contributed by atoms with van der Waals surface area (Å²) in [6.45, 7) is 11.1. The van der Waals surface area contributed by atoms with Gasteiger partial charge in [0.2, 0.25) is 0 Å². The number of carbonyl (C=O) groups is 2. The number of hydrogen-bond acceptors (Lipinski definition) is 7.